The maximum absolute atomic E-state index is 12.0. The number of amides is 1. The number of hydrogen-bond acceptors (Lipinski definition) is 4. The molecule has 0 aromatic carbocycles. The van der Waals surface area contributed by atoms with E-state index >= 15 is 0 Å². The van der Waals surface area contributed by atoms with E-state index in [9.17, 15) is 4.79 Å². The topological polar surface area (TPSA) is 55.6 Å². The molecular formula is C12H24N2O2S. The van der Waals surface area contributed by atoms with Gasteiger partial charge in [-0.2, -0.15) is 11.8 Å². The fourth-order valence-electron chi connectivity index (χ4n) is 2.12. The summed E-state index contributed by atoms with van der Waals surface area (Å²) in [6, 6.07) is -0.351. The molecule has 1 unspecified atom stereocenters. The van der Waals surface area contributed by atoms with Crippen LogP contribution in [0.4, 0.5) is 0 Å². The second-order valence-corrected chi connectivity index (χ2v) is 5.64. The van der Waals surface area contributed by atoms with Crippen molar-refractivity contribution < 1.29 is 9.53 Å². The Morgan fingerprint density at radius 1 is 1.53 bits per heavy atom. The number of piperidine rings is 1. The van der Waals surface area contributed by atoms with E-state index in [4.69, 9.17) is 10.5 Å². The Kier molecular flexibility index (Phi) is 6.92. The number of carbonyl (C=O) groups is 1. The fraction of sp³-hybridized carbons (Fsp3) is 0.917. The Balaban J connectivity index is 2.27. The van der Waals surface area contributed by atoms with Gasteiger partial charge in [-0.1, -0.05) is 0 Å². The molecule has 0 aromatic rings. The molecule has 4 nitrogen and oxygen atoms in total. The van der Waals surface area contributed by atoms with Crippen LogP contribution < -0.4 is 5.73 Å². The first-order chi connectivity index (χ1) is 8.19. The smallest absolute Gasteiger partial charge is 0.239 e. The molecule has 1 fully saturated rings. The average molecular weight is 260 g/mol. The average Bonchev–Trinajstić information content (AvgIpc) is 2.38. The maximum atomic E-state index is 12.0. The molecule has 1 aliphatic heterocycles. The van der Waals surface area contributed by atoms with Crippen molar-refractivity contribution >= 4 is 17.7 Å². The summed E-state index contributed by atoms with van der Waals surface area (Å²) in [6.07, 6.45) is 5.90. The van der Waals surface area contributed by atoms with E-state index in [2.05, 4.69) is 6.26 Å². The third kappa shape index (κ3) is 4.85. The third-order valence-corrected chi connectivity index (χ3v) is 4.41. The first kappa shape index (κ1) is 14.8. The molecule has 2 N–H and O–H groups in total. The number of thioether (sulfide) groups is 1. The molecule has 0 saturated carbocycles. The largest absolute Gasteiger partial charge is 0.385 e. The van der Waals surface area contributed by atoms with E-state index < -0.39 is 0 Å². The summed E-state index contributed by atoms with van der Waals surface area (Å²) < 4.78 is 4.96. The van der Waals surface area contributed by atoms with E-state index in [-0.39, 0.29) is 11.9 Å². The Morgan fingerprint density at radius 3 is 2.71 bits per heavy atom. The Labute approximate surface area is 108 Å². The zero-order valence-corrected chi connectivity index (χ0v) is 11.7. The highest BCUT2D eigenvalue weighted by atomic mass is 32.2. The molecule has 0 aromatic heterocycles. The zero-order chi connectivity index (χ0) is 12.7. The van der Waals surface area contributed by atoms with Crippen LogP contribution in [0.15, 0.2) is 0 Å². The highest BCUT2D eigenvalue weighted by Crippen LogP contribution is 2.21. The van der Waals surface area contributed by atoms with Crippen LogP contribution in [-0.2, 0) is 9.53 Å². The minimum Gasteiger partial charge on any atom is -0.385 e. The molecular weight excluding hydrogens is 236 g/mol. The lowest BCUT2D eigenvalue weighted by Gasteiger charge is -2.32. The fourth-order valence-corrected chi connectivity index (χ4v) is 2.80. The molecule has 17 heavy (non-hydrogen) atoms. The van der Waals surface area contributed by atoms with Crippen molar-refractivity contribution in [1.29, 1.82) is 0 Å². The van der Waals surface area contributed by atoms with Gasteiger partial charge in [0.25, 0.3) is 0 Å². The summed E-state index contributed by atoms with van der Waals surface area (Å²) in [7, 11) is 1.67. The minimum absolute atomic E-state index is 0.112. The van der Waals surface area contributed by atoms with Crippen LogP contribution in [0, 0.1) is 0 Å². The lowest BCUT2D eigenvalue weighted by Crippen LogP contribution is -2.47. The predicted octanol–water partition coefficient (Wildman–Crippen LogP) is 1.09. The number of likely N-dealkylation sites (tertiary alicyclic amines) is 1. The van der Waals surface area contributed by atoms with Gasteiger partial charge < -0.3 is 15.4 Å². The molecule has 1 amide bonds. The van der Waals surface area contributed by atoms with Crippen molar-refractivity contribution in [1.82, 2.24) is 4.90 Å². The lowest BCUT2D eigenvalue weighted by atomic mass is 10.1. The van der Waals surface area contributed by atoms with E-state index in [1.165, 1.54) is 0 Å². The number of carbonyl (C=O) groups excluding carboxylic acids is 1. The molecule has 0 radical (unpaired) electrons. The summed E-state index contributed by atoms with van der Waals surface area (Å²) in [4.78, 5) is 14.0. The highest BCUT2D eigenvalue weighted by Gasteiger charge is 2.25. The van der Waals surface area contributed by atoms with Gasteiger partial charge in [-0.15, -0.1) is 0 Å². The SMILES string of the molecule is COCCCC(N)C(=O)N1CCC(SC)CC1. The summed E-state index contributed by atoms with van der Waals surface area (Å²) >= 11 is 1.90. The van der Waals surface area contributed by atoms with Gasteiger partial charge in [-0.3, -0.25) is 4.79 Å². The van der Waals surface area contributed by atoms with Crippen molar-refractivity contribution in [3.63, 3.8) is 0 Å². The van der Waals surface area contributed by atoms with Gasteiger partial charge in [-0.05, 0) is 31.9 Å². The van der Waals surface area contributed by atoms with E-state index in [1.807, 2.05) is 16.7 Å². The first-order valence-corrected chi connectivity index (χ1v) is 7.54. The summed E-state index contributed by atoms with van der Waals surface area (Å²) in [5.74, 6) is 0.112. The van der Waals surface area contributed by atoms with Gasteiger partial charge >= 0.3 is 0 Å². The molecule has 1 atom stereocenters. The molecule has 1 aliphatic rings. The Hall–Kier alpha value is -0.260. The van der Waals surface area contributed by atoms with Crippen LogP contribution in [-0.4, -0.2) is 55.2 Å². The number of rotatable bonds is 6. The molecule has 1 saturated heterocycles. The second kappa shape index (κ2) is 7.95. The number of nitrogens with zero attached hydrogens (tertiary/aromatic N) is 1. The van der Waals surface area contributed by atoms with Gasteiger partial charge in [0.15, 0.2) is 0 Å². The van der Waals surface area contributed by atoms with Crippen molar-refractivity contribution in [2.45, 2.75) is 37.0 Å². The van der Waals surface area contributed by atoms with Gasteiger partial charge in [0.1, 0.15) is 0 Å². The van der Waals surface area contributed by atoms with Crippen molar-refractivity contribution in [2.24, 2.45) is 5.73 Å². The predicted molar refractivity (Wildman–Crippen MR) is 72.2 cm³/mol. The van der Waals surface area contributed by atoms with Crippen LogP contribution in [0.2, 0.25) is 0 Å². The van der Waals surface area contributed by atoms with Gasteiger partial charge in [0, 0.05) is 32.1 Å². The highest BCUT2D eigenvalue weighted by molar-refractivity contribution is 7.99. The van der Waals surface area contributed by atoms with Crippen LogP contribution in [0.3, 0.4) is 0 Å². The summed E-state index contributed by atoms with van der Waals surface area (Å²) in [5, 5.41) is 0.712. The van der Waals surface area contributed by atoms with E-state index in [1.54, 1.807) is 7.11 Å². The minimum atomic E-state index is -0.351. The summed E-state index contributed by atoms with van der Waals surface area (Å²) in [6.45, 7) is 2.40. The summed E-state index contributed by atoms with van der Waals surface area (Å²) in [5.41, 5.74) is 5.90. The molecule has 0 bridgehead atoms. The monoisotopic (exact) mass is 260 g/mol. The molecule has 5 heteroatoms. The Morgan fingerprint density at radius 2 is 2.18 bits per heavy atom. The quantitative estimate of drug-likeness (QED) is 0.727. The van der Waals surface area contributed by atoms with Crippen LogP contribution in [0.5, 0.6) is 0 Å². The van der Waals surface area contributed by atoms with Crippen LogP contribution in [0.1, 0.15) is 25.7 Å². The normalized spacial score (nSPS) is 19.4. The molecule has 1 heterocycles. The van der Waals surface area contributed by atoms with Crippen molar-refractivity contribution in [2.75, 3.05) is 33.1 Å². The van der Waals surface area contributed by atoms with Gasteiger partial charge in [-0.25, -0.2) is 0 Å². The maximum Gasteiger partial charge on any atom is 0.239 e. The molecule has 0 spiro atoms. The molecule has 100 valence electrons. The number of ether oxygens (including phenoxy) is 1. The molecule has 0 aliphatic carbocycles. The van der Waals surface area contributed by atoms with Crippen LogP contribution >= 0.6 is 11.8 Å². The third-order valence-electron chi connectivity index (χ3n) is 3.27. The lowest BCUT2D eigenvalue weighted by molar-refractivity contribution is -0.133. The van der Waals surface area contributed by atoms with Gasteiger partial charge in [0.2, 0.25) is 5.91 Å². The molecule has 1 rings (SSSR count). The Bertz CT molecular complexity index is 231. The number of hydrogen-bond donors (Lipinski definition) is 1. The second-order valence-electron chi connectivity index (χ2n) is 4.50. The number of nitrogens with two attached hydrogens (primary N) is 1. The van der Waals surface area contributed by atoms with E-state index in [0.29, 0.717) is 11.9 Å². The van der Waals surface area contributed by atoms with Crippen molar-refractivity contribution in [3.8, 4) is 0 Å². The zero-order valence-electron chi connectivity index (χ0n) is 10.9. The van der Waals surface area contributed by atoms with Crippen molar-refractivity contribution in [3.05, 3.63) is 0 Å². The van der Waals surface area contributed by atoms with Gasteiger partial charge in [0.05, 0.1) is 6.04 Å². The van der Waals surface area contributed by atoms with Crippen LogP contribution in [0.25, 0.3) is 0 Å². The standard InChI is InChI=1S/C12H24N2O2S/c1-16-9-3-4-11(13)12(15)14-7-5-10(17-2)6-8-14/h10-11H,3-9,13H2,1-2H3. The van der Waals surface area contributed by atoms with E-state index in [0.717, 1.165) is 38.8 Å². The number of methoxy groups -OCH3 is 1. The first-order valence-electron chi connectivity index (χ1n) is 6.25.